The Morgan fingerprint density at radius 1 is 1.28 bits per heavy atom. The standard InChI is InChI=1S/C19H21N3O3/c1-12-9-10-22-16(11-12)21-17(14-7-8-15(25-14)19(23)24)18(22)20-13-5-3-2-4-6-13/h7-11,13,20H,2-6H2,1H3,(H,23,24). The number of nitrogens with one attached hydrogen (secondary N) is 1. The Kier molecular flexibility index (Phi) is 3.95. The van der Waals surface area contributed by atoms with Gasteiger partial charge in [0, 0.05) is 12.2 Å². The van der Waals surface area contributed by atoms with Crippen molar-refractivity contribution in [2.75, 3.05) is 5.32 Å². The highest BCUT2D eigenvalue weighted by Gasteiger charge is 2.22. The number of aryl methyl sites for hydroxylation is 1. The third-order valence-corrected chi connectivity index (χ3v) is 4.78. The summed E-state index contributed by atoms with van der Waals surface area (Å²) in [6.45, 7) is 2.03. The molecule has 130 valence electrons. The number of imidazole rings is 1. The van der Waals surface area contributed by atoms with E-state index in [4.69, 9.17) is 14.5 Å². The fraction of sp³-hybridized carbons (Fsp3) is 0.368. The molecule has 1 saturated carbocycles. The number of aromatic nitrogens is 2. The predicted molar refractivity (Wildman–Crippen MR) is 95.1 cm³/mol. The van der Waals surface area contributed by atoms with Crippen molar-refractivity contribution < 1.29 is 14.3 Å². The summed E-state index contributed by atoms with van der Waals surface area (Å²) in [5.74, 6) is 0.185. The zero-order chi connectivity index (χ0) is 17.4. The Morgan fingerprint density at radius 3 is 2.80 bits per heavy atom. The van der Waals surface area contributed by atoms with Crippen molar-refractivity contribution in [2.24, 2.45) is 0 Å². The zero-order valence-electron chi connectivity index (χ0n) is 14.2. The molecule has 4 rings (SSSR count). The number of hydrogen-bond donors (Lipinski definition) is 2. The second-order valence-corrected chi connectivity index (χ2v) is 6.69. The number of fused-ring (bicyclic) bond motifs is 1. The maximum atomic E-state index is 11.1. The topological polar surface area (TPSA) is 79.8 Å². The van der Waals surface area contributed by atoms with Crippen LogP contribution in [0.25, 0.3) is 17.1 Å². The minimum atomic E-state index is -1.08. The monoisotopic (exact) mass is 339 g/mol. The lowest BCUT2D eigenvalue weighted by Crippen LogP contribution is -2.23. The van der Waals surface area contributed by atoms with Gasteiger partial charge in [-0.25, -0.2) is 9.78 Å². The first-order valence-electron chi connectivity index (χ1n) is 8.70. The number of carboxylic acid groups (broad SMARTS) is 1. The van der Waals surface area contributed by atoms with Crippen molar-refractivity contribution in [3.63, 3.8) is 0 Å². The smallest absolute Gasteiger partial charge is 0.371 e. The van der Waals surface area contributed by atoms with Crippen LogP contribution in [0.15, 0.2) is 34.9 Å². The number of hydrogen-bond acceptors (Lipinski definition) is 4. The SMILES string of the molecule is Cc1ccn2c(NC3CCCCC3)c(-c3ccc(C(=O)O)o3)nc2c1. The molecule has 0 spiro atoms. The van der Waals surface area contributed by atoms with Gasteiger partial charge in [0.15, 0.2) is 5.76 Å². The normalized spacial score (nSPS) is 15.6. The van der Waals surface area contributed by atoms with Gasteiger partial charge in [0.25, 0.3) is 0 Å². The Morgan fingerprint density at radius 2 is 2.08 bits per heavy atom. The van der Waals surface area contributed by atoms with Gasteiger partial charge in [-0.05, 0) is 49.6 Å². The highest BCUT2D eigenvalue weighted by molar-refractivity contribution is 5.85. The van der Waals surface area contributed by atoms with Gasteiger partial charge in [0.1, 0.15) is 17.2 Å². The van der Waals surface area contributed by atoms with E-state index in [1.54, 1.807) is 6.07 Å². The lowest BCUT2D eigenvalue weighted by Gasteiger charge is -2.23. The van der Waals surface area contributed by atoms with Crippen LogP contribution >= 0.6 is 0 Å². The van der Waals surface area contributed by atoms with Crippen molar-refractivity contribution in [2.45, 2.75) is 45.1 Å². The number of rotatable bonds is 4. The summed E-state index contributed by atoms with van der Waals surface area (Å²) >= 11 is 0. The molecule has 3 aromatic heterocycles. The Balaban J connectivity index is 1.80. The average Bonchev–Trinajstić information content (AvgIpc) is 3.21. The van der Waals surface area contributed by atoms with E-state index in [1.807, 2.05) is 29.7 Å². The number of furan rings is 1. The minimum Gasteiger partial charge on any atom is -0.475 e. The minimum absolute atomic E-state index is 0.0770. The molecule has 1 aliphatic carbocycles. The van der Waals surface area contributed by atoms with E-state index in [2.05, 4.69) is 5.32 Å². The van der Waals surface area contributed by atoms with Crippen LogP contribution in [0, 0.1) is 6.92 Å². The maximum absolute atomic E-state index is 11.1. The van der Waals surface area contributed by atoms with Gasteiger partial charge < -0.3 is 14.8 Å². The number of nitrogens with zero attached hydrogens (tertiary/aromatic N) is 2. The summed E-state index contributed by atoms with van der Waals surface area (Å²) in [6, 6.07) is 7.59. The first-order chi connectivity index (χ1) is 12.1. The fourth-order valence-corrected chi connectivity index (χ4v) is 3.48. The van der Waals surface area contributed by atoms with Gasteiger partial charge in [-0.15, -0.1) is 0 Å². The van der Waals surface area contributed by atoms with Gasteiger partial charge in [-0.1, -0.05) is 19.3 Å². The molecule has 25 heavy (non-hydrogen) atoms. The van der Waals surface area contributed by atoms with Crippen LogP contribution in [0.1, 0.15) is 48.2 Å². The molecule has 1 fully saturated rings. The van der Waals surface area contributed by atoms with E-state index < -0.39 is 5.97 Å². The van der Waals surface area contributed by atoms with Crippen molar-refractivity contribution in [3.8, 4) is 11.5 Å². The fourth-order valence-electron chi connectivity index (χ4n) is 3.48. The lowest BCUT2D eigenvalue weighted by molar-refractivity contribution is 0.0663. The van der Waals surface area contributed by atoms with Gasteiger partial charge in [0.2, 0.25) is 5.76 Å². The maximum Gasteiger partial charge on any atom is 0.371 e. The zero-order valence-corrected chi connectivity index (χ0v) is 14.2. The van der Waals surface area contributed by atoms with Crippen LogP contribution in [0.2, 0.25) is 0 Å². The number of carbonyl (C=O) groups is 1. The number of aromatic carboxylic acids is 1. The summed E-state index contributed by atoms with van der Waals surface area (Å²) in [5.41, 5.74) is 2.60. The Hall–Kier alpha value is -2.76. The van der Waals surface area contributed by atoms with E-state index in [9.17, 15) is 4.79 Å². The molecule has 1 aliphatic rings. The van der Waals surface area contributed by atoms with Crippen LogP contribution in [-0.2, 0) is 0 Å². The molecule has 2 N–H and O–H groups in total. The van der Waals surface area contributed by atoms with Crippen molar-refractivity contribution in [1.82, 2.24) is 9.38 Å². The molecule has 0 unspecified atom stereocenters. The summed E-state index contributed by atoms with van der Waals surface area (Å²) in [7, 11) is 0. The van der Waals surface area contributed by atoms with Crippen LogP contribution in [0.4, 0.5) is 5.82 Å². The molecule has 0 radical (unpaired) electrons. The Labute approximate surface area is 145 Å². The summed E-state index contributed by atoms with van der Waals surface area (Å²) in [5, 5.41) is 12.7. The highest BCUT2D eigenvalue weighted by atomic mass is 16.4. The Bertz CT molecular complexity index is 919. The van der Waals surface area contributed by atoms with E-state index in [-0.39, 0.29) is 5.76 Å². The molecule has 3 aromatic rings. The summed E-state index contributed by atoms with van der Waals surface area (Å²) in [4.78, 5) is 15.8. The van der Waals surface area contributed by atoms with Crippen molar-refractivity contribution in [3.05, 3.63) is 41.8 Å². The number of carboxylic acids is 1. The molecule has 0 aromatic carbocycles. The molecule has 0 atom stereocenters. The van der Waals surface area contributed by atoms with Crippen molar-refractivity contribution in [1.29, 1.82) is 0 Å². The van der Waals surface area contributed by atoms with E-state index in [1.165, 1.54) is 25.3 Å². The number of anilines is 1. The van der Waals surface area contributed by atoms with E-state index in [0.717, 1.165) is 29.9 Å². The predicted octanol–water partition coefficient (Wildman–Crippen LogP) is 4.35. The molecular weight excluding hydrogens is 318 g/mol. The molecule has 6 nitrogen and oxygen atoms in total. The molecule has 3 heterocycles. The van der Waals surface area contributed by atoms with Crippen LogP contribution in [0.5, 0.6) is 0 Å². The van der Waals surface area contributed by atoms with Gasteiger partial charge in [0.05, 0.1) is 0 Å². The molecule has 0 aliphatic heterocycles. The molecular formula is C19H21N3O3. The van der Waals surface area contributed by atoms with Gasteiger partial charge in [-0.2, -0.15) is 0 Å². The second kappa shape index (κ2) is 6.27. The van der Waals surface area contributed by atoms with E-state index >= 15 is 0 Å². The van der Waals surface area contributed by atoms with Crippen molar-refractivity contribution >= 4 is 17.4 Å². The molecule has 6 heteroatoms. The first kappa shape index (κ1) is 15.7. The highest BCUT2D eigenvalue weighted by Crippen LogP contribution is 2.32. The van der Waals surface area contributed by atoms with E-state index in [0.29, 0.717) is 17.5 Å². The third kappa shape index (κ3) is 2.99. The van der Waals surface area contributed by atoms with Crippen LogP contribution in [-0.4, -0.2) is 26.5 Å². The van der Waals surface area contributed by atoms with Gasteiger partial charge >= 0.3 is 5.97 Å². The quantitative estimate of drug-likeness (QED) is 0.739. The molecule has 0 bridgehead atoms. The largest absolute Gasteiger partial charge is 0.475 e. The third-order valence-electron chi connectivity index (χ3n) is 4.78. The molecule has 0 saturated heterocycles. The first-order valence-corrected chi connectivity index (χ1v) is 8.70. The summed E-state index contributed by atoms with van der Waals surface area (Å²) < 4.78 is 7.52. The molecule has 0 amide bonds. The van der Waals surface area contributed by atoms with Gasteiger partial charge in [-0.3, -0.25) is 4.40 Å². The lowest BCUT2D eigenvalue weighted by atomic mass is 9.95. The average molecular weight is 339 g/mol. The van der Waals surface area contributed by atoms with Crippen LogP contribution < -0.4 is 5.32 Å². The second-order valence-electron chi connectivity index (χ2n) is 6.69. The van der Waals surface area contributed by atoms with Crippen LogP contribution in [0.3, 0.4) is 0 Å². The number of pyridine rings is 1. The summed E-state index contributed by atoms with van der Waals surface area (Å²) in [6.07, 6.45) is 8.01.